The molecule has 1 heterocycles. The van der Waals surface area contributed by atoms with Gasteiger partial charge in [-0.3, -0.25) is 0 Å². The summed E-state index contributed by atoms with van der Waals surface area (Å²) in [6.45, 7) is 4.67. The van der Waals surface area contributed by atoms with Crippen LogP contribution in [0.1, 0.15) is 75.8 Å². The second-order valence-corrected chi connectivity index (χ2v) is 7.84. The van der Waals surface area contributed by atoms with Gasteiger partial charge in [-0.1, -0.05) is 33.1 Å². The van der Waals surface area contributed by atoms with E-state index in [1.807, 2.05) is 36.7 Å². The summed E-state index contributed by atoms with van der Waals surface area (Å²) in [5, 5.41) is 8.89. The van der Waals surface area contributed by atoms with Gasteiger partial charge in [0.2, 0.25) is 0 Å². The van der Waals surface area contributed by atoms with Crippen LogP contribution in [0.5, 0.6) is 0 Å². The number of rotatable bonds is 6. The summed E-state index contributed by atoms with van der Waals surface area (Å²) in [7, 11) is 0. The summed E-state index contributed by atoms with van der Waals surface area (Å²) in [6, 6.07) is 9.59. The molecule has 26 heavy (non-hydrogen) atoms. The van der Waals surface area contributed by atoms with Crippen molar-refractivity contribution in [3.63, 3.8) is 0 Å². The van der Waals surface area contributed by atoms with Crippen LogP contribution in [0, 0.1) is 23.2 Å². The van der Waals surface area contributed by atoms with Crippen molar-refractivity contribution in [1.82, 2.24) is 9.97 Å². The van der Waals surface area contributed by atoms with Gasteiger partial charge in [0.1, 0.15) is 0 Å². The van der Waals surface area contributed by atoms with E-state index in [4.69, 9.17) is 5.26 Å². The van der Waals surface area contributed by atoms with Crippen molar-refractivity contribution >= 4 is 0 Å². The second kappa shape index (κ2) is 8.94. The van der Waals surface area contributed by atoms with Crippen LogP contribution in [0.4, 0.5) is 0 Å². The number of nitrogens with zero attached hydrogens (tertiary/aromatic N) is 3. The lowest BCUT2D eigenvalue weighted by Gasteiger charge is -2.29. The maximum atomic E-state index is 8.89. The summed E-state index contributed by atoms with van der Waals surface area (Å²) in [4.78, 5) is 9.15. The Kier molecular flexibility index (Phi) is 6.39. The Hall–Kier alpha value is -2.21. The van der Waals surface area contributed by atoms with Crippen molar-refractivity contribution in [1.29, 1.82) is 5.26 Å². The molecule has 1 aliphatic carbocycles. The molecule has 0 bridgehead atoms. The highest BCUT2D eigenvalue weighted by Gasteiger charge is 2.23. The Morgan fingerprint density at radius 3 is 2.31 bits per heavy atom. The van der Waals surface area contributed by atoms with E-state index in [0.29, 0.717) is 11.5 Å². The molecule has 0 radical (unpaired) electrons. The molecule has 3 rings (SSSR count). The molecule has 1 atom stereocenters. The third-order valence-electron chi connectivity index (χ3n) is 6.03. The molecule has 1 aliphatic rings. The summed E-state index contributed by atoms with van der Waals surface area (Å²) >= 11 is 0. The topological polar surface area (TPSA) is 49.6 Å². The lowest BCUT2D eigenvalue weighted by Crippen LogP contribution is -2.14. The van der Waals surface area contributed by atoms with E-state index in [1.165, 1.54) is 50.5 Å². The van der Waals surface area contributed by atoms with Gasteiger partial charge >= 0.3 is 0 Å². The predicted molar refractivity (Wildman–Crippen MR) is 106 cm³/mol. The van der Waals surface area contributed by atoms with Gasteiger partial charge in [0.05, 0.1) is 11.6 Å². The minimum Gasteiger partial charge on any atom is -0.236 e. The summed E-state index contributed by atoms with van der Waals surface area (Å²) < 4.78 is 0. The van der Waals surface area contributed by atoms with Crippen LogP contribution in [-0.2, 0) is 0 Å². The van der Waals surface area contributed by atoms with E-state index in [0.717, 1.165) is 23.2 Å². The second-order valence-electron chi connectivity index (χ2n) is 7.84. The molecule has 1 aromatic carbocycles. The lowest BCUT2D eigenvalue weighted by atomic mass is 9.77. The summed E-state index contributed by atoms with van der Waals surface area (Å²) in [5.41, 5.74) is 2.91. The number of aromatic nitrogens is 2. The molecule has 0 saturated heterocycles. The molecule has 1 aromatic heterocycles. The SMILES string of the molecule is CCC(C)CC[C@H]1CC[C@H](c2cnc(-c3ccc(C#N)cc3)nc2)CC1. The van der Waals surface area contributed by atoms with Crippen molar-refractivity contribution in [3.8, 4) is 17.5 Å². The van der Waals surface area contributed by atoms with Crippen molar-refractivity contribution < 1.29 is 0 Å². The fourth-order valence-electron chi connectivity index (χ4n) is 3.90. The molecule has 0 N–H and O–H groups in total. The van der Waals surface area contributed by atoms with E-state index < -0.39 is 0 Å². The molecule has 3 heteroatoms. The average Bonchev–Trinajstić information content (AvgIpc) is 2.72. The van der Waals surface area contributed by atoms with Gasteiger partial charge in [0, 0.05) is 18.0 Å². The third kappa shape index (κ3) is 4.69. The van der Waals surface area contributed by atoms with E-state index >= 15 is 0 Å². The number of nitriles is 1. The molecule has 0 spiro atoms. The van der Waals surface area contributed by atoms with Crippen LogP contribution >= 0.6 is 0 Å². The minimum atomic E-state index is 0.616. The number of benzene rings is 1. The highest BCUT2D eigenvalue weighted by Crippen LogP contribution is 2.37. The van der Waals surface area contributed by atoms with Crippen molar-refractivity contribution in [2.24, 2.45) is 11.8 Å². The van der Waals surface area contributed by atoms with Crippen LogP contribution in [0.3, 0.4) is 0 Å². The van der Waals surface area contributed by atoms with Crippen molar-refractivity contribution in [2.75, 3.05) is 0 Å². The summed E-state index contributed by atoms with van der Waals surface area (Å²) in [6.07, 6.45) is 13.3. The maximum absolute atomic E-state index is 8.89. The summed E-state index contributed by atoms with van der Waals surface area (Å²) in [5.74, 6) is 3.14. The molecule has 1 saturated carbocycles. The molecular formula is C23H29N3. The van der Waals surface area contributed by atoms with Crippen LogP contribution in [0.15, 0.2) is 36.7 Å². The molecule has 136 valence electrons. The first-order valence-electron chi connectivity index (χ1n) is 10.0. The monoisotopic (exact) mass is 347 g/mol. The van der Waals surface area contributed by atoms with Gasteiger partial charge in [-0.2, -0.15) is 5.26 Å². The number of hydrogen-bond donors (Lipinski definition) is 0. The molecule has 1 fully saturated rings. The molecule has 1 unspecified atom stereocenters. The zero-order valence-corrected chi connectivity index (χ0v) is 16.0. The highest BCUT2D eigenvalue weighted by atomic mass is 14.9. The maximum Gasteiger partial charge on any atom is 0.159 e. The average molecular weight is 348 g/mol. The first kappa shape index (κ1) is 18.6. The Balaban J connectivity index is 1.55. The van der Waals surface area contributed by atoms with Gasteiger partial charge in [-0.15, -0.1) is 0 Å². The molecule has 0 amide bonds. The van der Waals surface area contributed by atoms with E-state index in [2.05, 4.69) is 29.9 Å². The van der Waals surface area contributed by atoms with Gasteiger partial charge in [-0.25, -0.2) is 9.97 Å². The van der Waals surface area contributed by atoms with Crippen LogP contribution in [-0.4, -0.2) is 9.97 Å². The highest BCUT2D eigenvalue weighted by molar-refractivity contribution is 5.56. The van der Waals surface area contributed by atoms with Gasteiger partial charge < -0.3 is 0 Å². The fraction of sp³-hybridized carbons (Fsp3) is 0.522. The van der Waals surface area contributed by atoms with E-state index in [1.54, 1.807) is 0 Å². The Morgan fingerprint density at radius 1 is 1.08 bits per heavy atom. The fourth-order valence-corrected chi connectivity index (χ4v) is 3.90. The lowest BCUT2D eigenvalue weighted by molar-refractivity contribution is 0.288. The molecular weight excluding hydrogens is 318 g/mol. The Morgan fingerprint density at radius 2 is 1.73 bits per heavy atom. The van der Waals surface area contributed by atoms with Crippen LogP contribution in [0.25, 0.3) is 11.4 Å². The quantitative estimate of drug-likeness (QED) is 0.633. The first-order valence-corrected chi connectivity index (χ1v) is 10.0. The first-order chi connectivity index (χ1) is 12.7. The van der Waals surface area contributed by atoms with Gasteiger partial charge in [-0.05, 0) is 73.3 Å². The molecule has 3 nitrogen and oxygen atoms in total. The van der Waals surface area contributed by atoms with Crippen LogP contribution in [0.2, 0.25) is 0 Å². The Bertz CT molecular complexity index is 720. The largest absolute Gasteiger partial charge is 0.236 e. The van der Waals surface area contributed by atoms with Crippen molar-refractivity contribution in [3.05, 3.63) is 47.8 Å². The molecule has 2 aromatic rings. The zero-order chi connectivity index (χ0) is 18.4. The zero-order valence-electron chi connectivity index (χ0n) is 16.0. The predicted octanol–water partition coefficient (Wildman–Crippen LogP) is 6.12. The number of hydrogen-bond acceptors (Lipinski definition) is 3. The Labute approximate surface area is 157 Å². The van der Waals surface area contributed by atoms with Crippen LogP contribution < -0.4 is 0 Å². The molecule has 0 aliphatic heterocycles. The van der Waals surface area contributed by atoms with E-state index in [-0.39, 0.29) is 0 Å². The smallest absolute Gasteiger partial charge is 0.159 e. The minimum absolute atomic E-state index is 0.616. The standard InChI is InChI=1S/C23H29N3/c1-3-17(2)4-5-18-6-10-20(11-7-18)22-15-25-23(26-16-22)21-12-8-19(14-24)9-13-21/h8-9,12-13,15-18,20H,3-7,10-11H2,1-2H3/t17?,18-,20-. The van der Waals surface area contributed by atoms with E-state index in [9.17, 15) is 0 Å². The van der Waals surface area contributed by atoms with Crippen molar-refractivity contribution in [2.45, 2.75) is 64.7 Å². The van der Waals surface area contributed by atoms with Gasteiger partial charge in [0.25, 0.3) is 0 Å². The third-order valence-corrected chi connectivity index (χ3v) is 6.03. The normalized spacial score (nSPS) is 21.1. The van der Waals surface area contributed by atoms with Gasteiger partial charge in [0.15, 0.2) is 5.82 Å².